The van der Waals surface area contributed by atoms with Gasteiger partial charge in [0.05, 0.1) is 0 Å². The summed E-state index contributed by atoms with van der Waals surface area (Å²) in [7, 11) is 0. The zero-order chi connectivity index (χ0) is 22.7. The first-order chi connectivity index (χ1) is 15.4. The first-order valence-electron chi connectivity index (χ1n) is 10.4. The average molecular weight is 428 g/mol. The lowest BCUT2D eigenvalue weighted by atomic mass is 9.77. The van der Waals surface area contributed by atoms with Gasteiger partial charge in [0.15, 0.2) is 5.78 Å². The summed E-state index contributed by atoms with van der Waals surface area (Å²) < 4.78 is 0. The minimum Gasteiger partial charge on any atom is -0.508 e. The van der Waals surface area contributed by atoms with Crippen LogP contribution in [-0.2, 0) is 4.79 Å². The van der Waals surface area contributed by atoms with Crippen LogP contribution in [0.5, 0.6) is 23.0 Å². The standard InChI is InChI=1S/C27H24O5/c28-21-7-3-17(4-8-21)1-2-18-11-23(30)16-27(19-5-9-22(29)10-6-19)26(12-18)20-13-24(31)15-25(32)14-20/h1-11,13-15,26-29,31-32H,12,16H2/b2-1+/t26?,27-/m1/s1. The second-order valence-electron chi connectivity index (χ2n) is 8.11. The minimum atomic E-state index is -0.194. The monoisotopic (exact) mass is 428 g/mol. The van der Waals surface area contributed by atoms with Crippen LogP contribution in [-0.4, -0.2) is 26.2 Å². The van der Waals surface area contributed by atoms with Crippen LogP contribution in [0.2, 0.25) is 0 Å². The molecule has 0 fully saturated rings. The summed E-state index contributed by atoms with van der Waals surface area (Å²) in [6.07, 6.45) is 6.21. The van der Waals surface area contributed by atoms with E-state index in [9.17, 15) is 25.2 Å². The maximum Gasteiger partial charge on any atom is 0.156 e. The molecule has 162 valence electrons. The number of aromatic hydroxyl groups is 4. The van der Waals surface area contributed by atoms with Crippen LogP contribution in [0.4, 0.5) is 0 Å². The first kappa shape index (κ1) is 21.2. The zero-order valence-corrected chi connectivity index (χ0v) is 17.3. The van der Waals surface area contributed by atoms with Crippen molar-refractivity contribution < 1.29 is 25.2 Å². The molecule has 0 bridgehead atoms. The molecule has 0 saturated carbocycles. The van der Waals surface area contributed by atoms with Crippen LogP contribution in [0.25, 0.3) is 6.08 Å². The smallest absolute Gasteiger partial charge is 0.156 e. The molecular weight excluding hydrogens is 404 g/mol. The Hall–Kier alpha value is -3.99. The molecule has 4 N–H and O–H groups in total. The van der Waals surface area contributed by atoms with E-state index in [2.05, 4.69) is 0 Å². The number of hydrogen-bond acceptors (Lipinski definition) is 5. The number of ketones is 1. The Bertz CT molecular complexity index is 1150. The fraction of sp³-hybridized carbons (Fsp3) is 0.148. The lowest BCUT2D eigenvalue weighted by molar-refractivity contribution is -0.115. The number of hydrogen-bond donors (Lipinski definition) is 4. The third-order valence-electron chi connectivity index (χ3n) is 5.77. The molecule has 0 aliphatic heterocycles. The molecule has 2 atom stereocenters. The molecule has 0 heterocycles. The highest BCUT2D eigenvalue weighted by Gasteiger charge is 2.30. The number of phenols is 4. The number of carbonyl (C=O) groups is 1. The third-order valence-corrected chi connectivity index (χ3v) is 5.77. The molecule has 5 nitrogen and oxygen atoms in total. The van der Waals surface area contributed by atoms with E-state index in [1.807, 2.05) is 12.2 Å². The van der Waals surface area contributed by atoms with Crippen molar-refractivity contribution in [2.24, 2.45) is 0 Å². The third kappa shape index (κ3) is 5.01. The van der Waals surface area contributed by atoms with E-state index in [0.717, 1.165) is 22.3 Å². The maximum absolute atomic E-state index is 12.8. The van der Waals surface area contributed by atoms with E-state index in [-0.39, 0.29) is 47.0 Å². The summed E-state index contributed by atoms with van der Waals surface area (Å²) in [6, 6.07) is 18.1. The Morgan fingerprint density at radius 1 is 0.625 bits per heavy atom. The molecule has 0 radical (unpaired) electrons. The van der Waals surface area contributed by atoms with Gasteiger partial charge in [-0.05, 0) is 83.0 Å². The van der Waals surface area contributed by atoms with E-state index < -0.39 is 0 Å². The van der Waals surface area contributed by atoms with Crippen molar-refractivity contribution in [1.82, 2.24) is 0 Å². The molecule has 0 aromatic heterocycles. The van der Waals surface area contributed by atoms with Crippen molar-refractivity contribution in [2.45, 2.75) is 24.7 Å². The van der Waals surface area contributed by atoms with Crippen LogP contribution in [0.1, 0.15) is 41.4 Å². The van der Waals surface area contributed by atoms with Gasteiger partial charge in [-0.3, -0.25) is 4.79 Å². The van der Waals surface area contributed by atoms with Gasteiger partial charge in [-0.2, -0.15) is 0 Å². The van der Waals surface area contributed by atoms with Gasteiger partial charge in [-0.25, -0.2) is 0 Å². The second-order valence-corrected chi connectivity index (χ2v) is 8.11. The van der Waals surface area contributed by atoms with Crippen LogP contribution >= 0.6 is 0 Å². The lowest BCUT2D eigenvalue weighted by Crippen LogP contribution is -2.13. The Morgan fingerprint density at radius 2 is 1.19 bits per heavy atom. The number of carbonyl (C=O) groups excluding carboxylic acids is 1. The van der Waals surface area contributed by atoms with Gasteiger partial charge in [-0.1, -0.05) is 36.4 Å². The first-order valence-corrected chi connectivity index (χ1v) is 10.4. The van der Waals surface area contributed by atoms with E-state index in [4.69, 9.17) is 0 Å². The van der Waals surface area contributed by atoms with Crippen molar-refractivity contribution in [3.8, 4) is 23.0 Å². The molecule has 4 rings (SSSR count). The van der Waals surface area contributed by atoms with E-state index >= 15 is 0 Å². The van der Waals surface area contributed by atoms with E-state index in [1.165, 1.54) is 6.07 Å². The molecule has 0 saturated heterocycles. The molecule has 0 spiro atoms. The number of rotatable bonds is 4. The van der Waals surface area contributed by atoms with Crippen LogP contribution in [0.3, 0.4) is 0 Å². The summed E-state index contributed by atoms with van der Waals surface area (Å²) in [5.41, 5.74) is 3.36. The van der Waals surface area contributed by atoms with Gasteiger partial charge in [0.1, 0.15) is 23.0 Å². The topological polar surface area (TPSA) is 98.0 Å². The SMILES string of the molecule is O=C1C=C(/C=C/c2ccc(O)cc2)CC(c2cc(O)cc(O)c2)[C@@H](c2ccc(O)cc2)C1. The van der Waals surface area contributed by atoms with Gasteiger partial charge in [-0.15, -0.1) is 0 Å². The molecule has 3 aromatic carbocycles. The predicted octanol–water partition coefficient (Wildman–Crippen LogP) is 5.38. The molecule has 1 aliphatic rings. The van der Waals surface area contributed by atoms with E-state index in [0.29, 0.717) is 6.42 Å². The van der Waals surface area contributed by atoms with Crippen LogP contribution in [0, 0.1) is 0 Å². The van der Waals surface area contributed by atoms with Gasteiger partial charge >= 0.3 is 0 Å². The molecule has 0 amide bonds. The van der Waals surface area contributed by atoms with Crippen molar-refractivity contribution in [1.29, 1.82) is 0 Å². The van der Waals surface area contributed by atoms with Gasteiger partial charge < -0.3 is 20.4 Å². The number of benzene rings is 3. The van der Waals surface area contributed by atoms with Crippen molar-refractivity contribution in [3.63, 3.8) is 0 Å². The van der Waals surface area contributed by atoms with Gasteiger partial charge in [0.2, 0.25) is 0 Å². The quantitative estimate of drug-likeness (QED) is 0.447. The lowest BCUT2D eigenvalue weighted by Gasteiger charge is -2.26. The Balaban J connectivity index is 1.72. The molecule has 32 heavy (non-hydrogen) atoms. The highest BCUT2D eigenvalue weighted by atomic mass is 16.3. The number of phenolic OH excluding ortho intramolecular Hbond substituents is 4. The molecule has 3 aromatic rings. The Labute approximate surface area is 186 Å². The maximum atomic E-state index is 12.8. The van der Waals surface area contributed by atoms with Crippen LogP contribution < -0.4 is 0 Å². The fourth-order valence-corrected chi connectivity index (χ4v) is 4.24. The summed E-state index contributed by atoms with van der Waals surface area (Å²) in [4.78, 5) is 12.8. The summed E-state index contributed by atoms with van der Waals surface area (Å²) in [5.74, 6) is -0.127. The zero-order valence-electron chi connectivity index (χ0n) is 17.3. The molecular formula is C27H24O5. The van der Waals surface area contributed by atoms with Crippen molar-refractivity contribution in [3.05, 3.63) is 101 Å². The summed E-state index contributed by atoms with van der Waals surface area (Å²) >= 11 is 0. The predicted molar refractivity (Wildman–Crippen MR) is 123 cm³/mol. The molecule has 1 unspecified atom stereocenters. The fourth-order valence-electron chi connectivity index (χ4n) is 4.24. The van der Waals surface area contributed by atoms with Crippen LogP contribution in [0.15, 0.2) is 84.5 Å². The molecule has 5 heteroatoms. The number of allylic oxidation sites excluding steroid dienone is 3. The van der Waals surface area contributed by atoms with Gasteiger partial charge in [0, 0.05) is 12.5 Å². The second kappa shape index (κ2) is 9.02. The minimum absolute atomic E-state index is 0.0136. The highest BCUT2D eigenvalue weighted by Crippen LogP contribution is 2.44. The highest BCUT2D eigenvalue weighted by molar-refractivity contribution is 5.92. The normalized spacial score (nSPS) is 19.0. The van der Waals surface area contributed by atoms with Crippen molar-refractivity contribution in [2.75, 3.05) is 0 Å². The average Bonchev–Trinajstić information content (AvgIpc) is 2.92. The summed E-state index contributed by atoms with van der Waals surface area (Å²) in [5, 5.41) is 39.3. The van der Waals surface area contributed by atoms with Crippen molar-refractivity contribution >= 4 is 11.9 Å². The Morgan fingerprint density at radius 3 is 1.81 bits per heavy atom. The largest absolute Gasteiger partial charge is 0.508 e. The van der Waals surface area contributed by atoms with Gasteiger partial charge in [0.25, 0.3) is 0 Å². The molecule has 1 aliphatic carbocycles. The summed E-state index contributed by atoms with van der Waals surface area (Å²) in [6.45, 7) is 0. The van der Waals surface area contributed by atoms with E-state index in [1.54, 1.807) is 66.7 Å². The Kier molecular flexibility index (Phi) is 5.99.